The summed E-state index contributed by atoms with van der Waals surface area (Å²) < 4.78 is 6.02. The number of hydrazone groups is 1. The Morgan fingerprint density at radius 2 is 1.56 bits per heavy atom. The fourth-order valence-corrected chi connectivity index (χ4v) is 4.61. The van der Waals surface area contributed by atoms with Gasteiger partial charge in [-0.3, -0.25) is 5.01 Å². The van der Waals surface area contributed by atoms with Gasteiger partial charge in [-0.15, -0.1) is 0 Å². The first-order valence-corrected chi connectivity index (χ1v) is 13.0. The van der Waals surface area contributed by atoms with E-state index in [2.05, 4.69) is 65.7 Å². The monoisotopic (exact) mass is 508 g/mol. The van der Waals surface area contributed by atoms with Crippen molar-refractivity contribution in [2.75, 3.05) is 5.01 Å². The fraction of sp³-hybridized carbons (Fsp3) is 0.147. The molecule has 1 unspecified atom stereocenters. The molecule has 5 heteroatoms. The molecule has 0 fully saturated rings. The molecule has 1 atom stereocenters. The molecule has 5 nitrogen and oxygen atoms in total. The van der Waals surface area contributed by atoms with Gasteiger partial charge in [0, 0.05) is 17.9 Å². The van der Waals surface area contributed by atoms with E-state index < -0.39 is 0 Å². The summed E-state index contributed by atoms with van der Waals surface area (Å²) in [5, 5.41) is 25.8. The third-order valence-electron chi connectivity index (χ3n) is 6.71. The van der Waals surface area contributed by atoms with Crippen molar-refractivity contribution in [1.29, 1.82) is 10.5 Å². The second kappa shape index (κ2) is 11.5. The van der Waals surface area contributed by atoms with Gasteiger partial charge >= 0.3 is 0 Å². The van der Waals surface area contributed by atoms with Gasteiger partial charge in [0.05, 0.1) is 17.4 Å². The van der Waals surface area contributed by atoms with Crippen LogP contribution in [-0.2, 0) is 4.74 Å². The zero-order chi connectivity index (χ0) is 27.2. The number of anilines is 1. The summed E-state index contributed by atoms with van der Waals surface area (Å²) in [5.41, 5.74) is 6.09. The highest BCUT2D eigenvalue weighted by Gasteiger charge is 2.29. The van der Waals surface area contributed by atoms with Gasteiger partial charge in [0.1, 0.15) is 29.2 Å². The molecular formula is C34H28N4O. The standard InChI is InChI=1S/C34H28N4O/c1-24(2)34-20-28(29(22-35)23-36)19-31(39-34)18-15-25-13-16-30(17-14-25)38-33(27-11-7-4-8-12-27)21-32(37-38)26-9-5-3-6-10-26/h3-20,24,33H,21H2,1-2H3/b18-15+. The van der Waals surface area contributed by atoms with Gasteiger partial charge in [0.25, 0.3) is 0 Å². The molecule has 5 rings (SSSR count). The Bertz CT molecular complexity index is 1560. The average molecular weight is 509 g/mol. The fourth-order valence-electron chi connectivity index (χ4n) is 4.61. The van der Waals surface area contributed by atoms with Crippen molar-refractivity contribution in [1.82, 2.24) is 0 Å². The molecule has 0 bridgehead atoms. The van der Waals surface area contributed by atoms with Crippen molar-refractivity contribution in [2.24, 2.45) is 11.0 Å². The summed E-state index contributed by atoms with van der Waals surface area (Å²) in [4.78, 5) is 0. The van der Waals surface area contributed by atoms with Crippen molar-refractivity contribution in [2.45, 2.75) is 26.3 Å². The lowest BCUT2D eigenvalue weighted by Crippen LogP contribution is -2.18. The van der Waals surface area contributed by atoms with Crippen LogP contribution < -0.4 is 5.01 Å². The van der Waals surface area contributed by atoms with Crippen molar-refractivity contribution >= 4 is 17.5 Å². The van der Waals surface area contributed by atoms with E-state index in [4.69, 9.17) is 9.84 Å². The molecule has 0 spiro atoms. The van der Waals surface area contributed by atoms with Crippen LogP contribution in [0, 0.1) is 28.6 Å². The molecule has 0 radical (unpaired) electrons. The lowest BCUT2D eigenvalue weighted by atomic mass is 9.98. The number of hydrogen-bond donors (Lipinski definition) is 0. The van der Waals surface area contributed by atoms with Crippen LogP contribution in [0.4, 0.5) is 5.69 Å². The third kappa shape index (κ3) is 5.74. The van der Waals surface area contributed by atoms with Crippen LogP contribution in [0.3, 0.4) is 0 Å². The number of hydrogen-bond acceptors (Lipinski definition) is 5. The maximum Gasteiger partial charge on any atom is 0.137 e. The van der Waals surface area contributed by atoms with Crippen LogP contribution >= 0.6 is 0 Å². The summed E-state index contributed by atoms with van der Waals surface area (Å²) in [6, 6.07) is 33.1. The normalized spacial score (nSPS) is 16.7. The SMILES string of the molecule is CC(C)C1=CC(=C(C#N)C#N)C=C(/C=C/c2ccc(N3N=C(c4ccccc4)CC3c3ccccc3)cc2)O1. The van der Waals surface area contributed by atoms with Crippen LogP contribution in [0.1, 0.15) is 43.0 Å². The molecule has 0 aliphatic carbocycles. The minimum absolute atomic E-state index is 0.0701. The van der Waals surface area contributed by atoms with E-state index in [-0.39, 0.29) is 17.5 Å². The highest BCUT2D eigenvalue weighted by Crippen LogP contribution is 2.37. The van der Waals surface area contributed by atoms with E-state index in [9.17, 15) is 10.5 Å². The van der Waals surface area contributed by atoms with Gasteiger partial charge in [0.2, 0.25) is 0 Å². The predicted octanol–water partition coefficient (Wildman–Crippen LogP) is 7.85. The number of nitrogens with zero attached hydrogens (tertiary/aromatic N) is 4. The number of allylic oxidation sites excluding steroid dienone is 6. The lowest BCUT2D eigenvalue weighted by Gasteiger charge is -2.24. The Balaban J connectivity index is 1.40. The van der Waals surface area contributed by atoms with E-state index in [1.165, 1.54) is 5.56 Å². The van der Waals surface area contributed by atoms with Gasteiger partial charge in [-0.25, -0.2) is 0 Å². The predicted molar refractivity (Wildman–Crippen MR) is 155 cm³/mol. The molecule has 0 saturated heterocycles. The minimum atomic E-state index is 0.0701. The summed E-state index contributed by atoms with van der Waals surface area (Å²) in [6.07, 6.45) is 8.16. The molecule has 3 aromatic rings. The van der Waals surface area contributed by atoms with Crippen molar-refractivity contribution in [3.8, 4) is 12.1 Å². The summed E-state index contributed by atoms with van der Waals surface area (Å²) in [6.45, 7) is 4.03. The first-order valence-electron chi connectivity index (χ1n) is 13.0. The molecule has 190 valence electrons. The first-order chi connectivity index (χ1) is 19.1. The third-order valence-corrected chi connectivity index (χ3v) is 6.71. The van der Waals surface area contributed by atoms with Gasteiger partial charge in [-0.05, 0) is 47.1 Å². The maximum atomic E-state index is 9.32. The molecule has 0 amide bonds. The summed E-state index contributed by atoms with van der Waals surface area (Å²) >= 11 is 0. The first kappa shape index (κ1) is 25.5. The second-order valence-corrected chi connectivity index (χ2v) is 9.72. The average Bonchev–Trinajstić information content (AvgIpc) is 3.43. The van der Waals surface area contributed by atoms with E-state index in [0.717, 1.165) is 34.7 Å². The lowest BCUT2D eigenvalue weighted by molar-refractivity contribution is 0.275. The van der Waals surface area contributed by atoms with Crippen LogP contribution in [0.5, 0.6) is 0 Å². The Hall–Kier alpha value is -5.13. The Labute approximate surface area is 229 Å². The van der Waals surface area contributed by atoms with Gasteiger partial charge in [-0.1, -0.05) is 92.7 Å². The van der Waals surface area contributed by atoms with Crippen LogP contribution in [0.25, 0.3) is 6.08 Å². The number of benzene rings is 3. The topological polar surface area (TPSA) is 72.4 Å². The second-order valence-electron chi connectivity index (χ2n) is 9.72. The molecule has 2 heterocycles. The quantitative estimate of drug-likeness (QED) is 0.318. The van der Waals surface area contributed by atoms with Crippen LogP contribution in [-0.4, -0.2) is 5.71 Å². The van der Waals surface area contributed by atoms with Crippen molar-refractivity contribution < 1.29 is 4.74 Å². The van der Waals surface area contributed by atoms with Crippen molar-refractivity contribution in [3.05, 3.63) is 143 Å². The Kier molecular flexibility index (Phi) is 7.53. The highest BCUT2D eigenvalue weighted by atomic mass is 16.5. The molecule has 0 N–H and O–H groups in total. The highest BCUT2D eigenvalue weighted by molar-refractivity contribution is 6.03. The molecule has 0 saturated carbocycles. The zero-order valence-electron chi connectivity index (χ0n) is 22.0. The summed E-state index contributed by atoms with van der Waals surface area (Å²) in [7, 11) is 0. The zero-order valence-corrected chi connectivity index (χ0v) is 22.0. The van der Waals surface area contributed by atoms with Crippen LogP contribution in [0.15, 0.2) is 131 Å². The number of rotatable bonds is 6. The molecule has 3 aromatic carbocycles. The van der Waals surface area contributed by atoms with Crippen LogP contribution in [0.2, 0.25) is 0 Å². The largest absolute Gasteiger partial charge is 0.461 e. The van der Waals surface area contributed by atoms with E-state index in [1.54, 1.807) is 12.2 Å². The number of nitriles is 2. The Morgan fingerprint density at radius 3 is 2.21 bits per heavy atom. The molecule has 39 heavy (non-hydrogen) atoms. The van der Waals surface area contributed by atoms with Crippen molar-refractivity contribution in [3.63, 3.8) is 0 Å². The maximum absolute atomic E-state index is 9.32. The molecule has 0 aromatic heterocycles. The molecule has 2 aliphatic rings. The number of ether oxygens (including phenoxy) is 1. The minimum Gasteiger partial charge on any atom is -0.461 e. The smallest absolute Gasteiger partial charge is 0.137 e. The molecular weight excluding hydrogens is 480 g/mol. The van der Waals surface area contributed by atoms with Gasteiger partial charge < -0.3 is 4.74 Å². The van der Waals surface area contributed by atoms with E-state index in [1.807, 2.05) is 62.4 Å². The summed E-state index contributed by atoms with van der Waals surface area (Å²) in [5.74, 6) is 1.43. The Morgan fingerprint density at radius 1 is 0.897 bits per heavy atom. The van der Waals surface area contributed by atoms with E-state index >= 15 is 0 Å². The van der Waals surface area contributed by atoms with E-state index in [0.29, 0.717) is 11.3 Å². The van der Waals surface area contributed by atoms with Gasteiger partial charge in [-0.2, -0.15) is 15.6 Å². The molecule has 2 aliphatic heterocycles. The van der Waals surface area contributed by atoms with Gasteiger partial charge in [0.15, 0.2) is 0 Å².